The summed E-state index contributed by atoms with van der Waals surface area (Å²) in [5.74, 6) is -0.0525. The van der Waals surface area contributed by atoms with Crippen LogP contribution in [0.25, 0.3) is 0 Å². The minimum atomic E-state index is -0.0525. The first-order valence-corrected chi connectivity index (χ1v) is 8.24. The van der Waals surface area contributed by atoms with Gasteiger partial charge < -0.3 is 10.4 Å². The van der Waals surface area contributed by atoms with Gasteiger partial charge in [-0.3, -0.25) is 9.69 Å². The van der Waals surface area contributed by atoms with Gasteiger partial charge in [0.05, 0.1) is 6.54 Å². The van der Waals surface area contributed by atoms with E-state index in [1.54, 1.807) is 0 Å². The second-order valence-corrected chi connectivity index (χ2v) is 6.22. The Labute approximate surface area is 144 Å². The highest BCUT2D eigenvalue weighted by Gasteiger charge is 2.19. The number of benzene rings is 2. The normalized spacial score (nSPS) is 12.2. The van der Waals surface area contributed by atoms with Crippen molar-refractivity contribution in [3.05, 3.63) is 65.2 Å². The molecule has 0 fully saturated rings. The van der Waals surface area contributed by atoms with E-state index in [2.05, 4.69) is 11.4 Å². The number of carbonyl (C=O) groups excluding carboxylic acids is 1. The zero-order valence-electron chi connectivity index (χ0n) is 14.6. The highest BCUT2D eigenvalue weighted by molar-refractivity contribution is 5.93. The van der Waals surface area contributed by atoms with Gasteiger partial charge in [0.15, 0.2) is 0 Å². The molecule has 0 radical (unpaired) electrons. The van der Waals surface area contributed by atoms with Crippen LogP contribution in [-0.4, -0.2) is 36.1 Å². The predicted octanol–water partition coefficient (Wildman–Crippen LogP) is 3.30. The van der Waals surface area contributed by atoms with Crippen molar-refractivity contribution >= 4 is 11.6 Å². The van der Waals surface area contributed by atoms with Crippen LogP contribution in [0.15, 0.2) is 48.5 Å². The van der Waals surface area contributed by atoms with E-state index in [9.17, 15) is 9.90 Å². The van der Waals surface area contributed by atoms with E-state index in [1.807, 2.05) is 68.3 Å². The van der Waals surface area contributed by atoms with Crippen LogP contribution in [-0.2, 0) is 4.79 Å². The van der Waals surface area contributed by atoms with Crippen molar-refractivity contribution < 1.29 is 9.90 Å². The lowest BCUT2D eigenvalue weighted by Gasteiger charge is -2.27. The summed E-state index contributed by atoms with van der Waals surface area (Å²) >= 11 is 0. The summed E-state index contributed by atoms with van der Waals surface area (Å²) in [7, 11) is 1.91. The number of aryl methyl sites for hydroxylation is 2. The van der Waals surface area contributed by atoms with Crippen molar-refractivity contribution in [3.8, 4) is 0 Å². The second kappa shape index (κ2) is 8.62. The monoisotopic (exact) mass is 326 g/mol. The Morgan fingerprint density at radius 1 is 1.17 bits per heavy atom. The standard InChI is InChI=1S/C20H26N2O2/c1-15-9-10-18(16(2)13-15)21-20(24)14-22(3)19(11-12-23)17-7-5-4-6-8-17/h4-10,13,19,23H,11-12,14H2,1-3H3,(H,21,24). The Hall–Kier alpha value is -2.17. The maximum atomic E-state index is 12.4. The molecule has 1 amide bonds. The van der Waals surface area contributed by atoms with Gasteiger partial charge in [-0.1, -0.05) is 48.0 Å². The van der Waals surface area contributed by atoms with E-state index in [1.165, 1.54) is 5.56 Å². The molecule has 4 nitrogen and oxygen atoms in total. The van der Waals surface area contributed by atoms with E-state index < -0.39 is 0 Å². The van der Waals surface area contributed by atoms with Gasteiger partial charge in [0, 0.05) is 18.3 Å². The van der Waals surface area contributed by atoms with Crippen LogP contribution in [0.5, 0.6) is 0 Å². The fraction of sp³-hybridized carbons (Fsp3) is 0.350. The van der Waals surface area contributed by atoms with Crippen molar-refractivity contribution in [2.45, 2.75) is 26.3 Å². The minimum Gasteiger partial charge on any atom is -0.396 e. The van der Waals surface area contributed by atoms with E-state index >= 15 is 0 Å². The Kier molecular flexibility index (Phi) is 6.53. The fourth-order valence-corrected chi connectivity index (χ4v) is 2.92. The number of rotatable bonds is 7. The van der Waals surface area contributed by atoms with Crippen LogP contribution < -0.4 is 5.32 Å². The number of anilines is 1. The number of amides is 1. The third kappa shape index (κ3) is 4.91. The quantitative estimate of drug-likeness (QED) is 0.821. The average molecular weight is 326 g/mol. The zero-order chi connectivity index (χ0) is 17.5. The number of aliphatic hydroxyl groups excluding tert-OH is 1. The first-order valence-electron chi connectivity index (χ1n) is 8.24. The summed E-state index contributed by atoms with van der Waals surface area (Å²) in [5, 5.41) is 12.3. The van der Waals surface area contributed by atoms with Crippen molar-refractivity contribution in [3.63, 3.8) is 0 Å². The number of carbonyl (C=O) groups is 1. The zero-order valence-corrected chi connectivity index (χ0v) is 14.6. The number of aliphatic hydroxyl groups is 1. The number of nitrogens with zero attached hydrogens (tertiary/aromatic N) is 1. The molecule has 1 atom stereocenters. The van der Waals surface area contributed by atoms with Gasteiger partial charge in [-0.05, 0) is 44.5 Å². The summed E-state index contributed by atoms with van der Waals surface area (Å²) in [6.07, 6.45) is 0.595. The molecule has 0 bridgehead atoms. The van der Waals surface area contributed by atoms with E-state index in [0.29, 0.717) is 6.42 Å². The summed E-state index contributed by atoms with van der Waals surface area (Å²) in [5.41, 5.74) is 4.18. The first-order chi connectivity index (χ1) is 11.5. The lowest BCUT2D eigenvalue weighted by Crippen LogP contribution is -2.34. The molecule has 24 heavy (non-hydrogen) atoms. The molecule has 0 aliphatic rings. The van der Waals surface area contributed by atoms with E-state index in [-0.39, 0.29) is 25.1 Å². The number of hydrogen-bond acceptors (Lipinski definition) is 3. The van der Waals surface area contributed by atoms with Gasteiger partial charge in [0.25, 0.3) is 0 Å². The summed E-state index contributed by atoms with van der Waals surface area (Å²) in [6.45, 7) is 4.38. The van der Waals surface area contributed by atoms with Crippen LogP contribution in [0, 0.1) is 13.8 Å². The van der Waals surface area contributed by atoms with Crippen LogP contribution >= 0.6 is 0 Å². The maximum absolute atomic E-state index is 12.4. The third-order valence-corrected chi connectivity index (χ3v) is 4.17. The third-order valence-electron chi connectivity index (χ3n) is 4.17. The average Bonchev–Trinajstić information content (AvgIpc) is 2.56. The van der Waals surface area contributed by atoms with Crippen molar-refractivity contribution in [1.29, 1.82) is 0 Å². The lowest BCUT2D eigenvalue weighted by atomic mass is 10.0. The molecular formula is C20H26N2O2. The molecule has 0 heterocycles. The summed E-state index contributed by atoms with van der Waals surface area (Å²) in [4.78, 5) is 14.4. The van der Waals surface area contributed by atoms with Crippen LogP contribution in [0.1, 0.15) is 29.2 Å². The van der Waals surface area contributed by atoms with Crippen molar-refractivity contribution in [2.24, 2.45) is 0 Å². The molecule has 2 N–H and O–H groups in total. The smallest absolute Gasteiger partial charge is 0.238 e. The molecule has 1 unspecified atom stereocenters. The summed E-state index contributed by atoms with van der Waals surface area (Å²) < 4.78 is 0. The molecule has 0 aromatic heterocycles. The number of nitrogens with one attached hydrogen (secondary N) is 1. The topological polar surface area (TPSA) is 52.6 Å². The van der Waals surface area contributed by atoms with Gasteiger partial charge in [-0.25, -0.2) is 0 Å². The molecule has 0 spiro atoms. The highest BCUT2D eigenvalue weighted by Crippen LogP contribution is 2.23. The molecule has 0 aliphatic carbocycles. The summed E-state index contributed by atoms with van der Waals surface area (Å²) in [6, 6.07) is 16.0. The molecule has 2 aromatic carbocycles. The Morgan fingerprint density at radius 2 is 1.88 bits per heavy atom. The lowest BCUT2D eigenvalue weighted by molar-refractivity contribution is -0.117. The van der Waals surface area contributed by atoms with Gasteiger partial charge >= 0.3 is 0 Å². The Morgan fingerprint density at radius 3 is 2.50 bits per heavy atom. The molecule has 2 rings (SSSR count). The van der Waals surface area contributed by atoms with Crippen molar-refractivity contribution in [1.82, 2.24) is 4.90 Å². The van der Waals surface area contributed by atoms with Crippen molar-refractivity contribution in [2.75, 3.05) is 25.5 Å². The largest absolute Gasteiger partial charge is 0.396 e. The van der Waals surface area contributed by atoms with Crippen LogP contribution in [0.4, 0.5) is 5.69 Å². The highest BCUT2D eigenvalue weighted by atomic mass is 16.3. The maximum Gasteiger partial charge on any atom is 0.238 e. The predicted molar refractivity (Wildman–Crippen MR) is 98.1 cm³/mol. The van der Waals surface area contributed by atoms with Gasteiger partial charge in [0.2, 0.25) is 5.91 Å². The Bertz CT molecular complexity index is 671. The van der Waals surface area contributed by atoms with E-state index in [4.69, 9.17) is 0 Å². The Balaban J connectivity index is 2.03. The molecule has 4 heteroatoms. The molecule has 2 aromatic rings. The van der Waals surface area contributed by atoms with Gasteiger partial charge in [0.1, 0.15) is 0 Å². The van der Waals surface area contributed by atoms with Crippen LogP contribution in [0.3, 0.4) is 0 Å². The first kappa shape index (κ1) is 18.2. The van der Waals surface area contributed by atoms with Gasteiger partial charge in [-0.15, -0.1) is 0 Å². The van der Waals surface area contributed by atoms with E-state index in [0.717, 1.165) is 16.8 Å². The second-order valence-electron chi connectivity index (χ2n) is 6.22. The number of likely N-dealkylation sites (N-methyl/N-ethyl adjacent to an activating group) is 1. The van der Waals surface area contributed by atoms with Gasteiger partial charge in [-0.2, -0.15) is 0 Å². The molecule has 128 valence electrons. The van der Waals surface area contributed by atoms with Crippen LogP contribution in [0.2, 0.25) is 0 Å². The molecular weight excluding hydrogens is 300 g/mol. The minimum absolute atomic E-state index is 0.0149. The molecule has 0 saturated heterocycles. The molecule has 0 aliphatic heterocycles. The number of hydrogen-bond donors (Lipinski definition) is 2. The molecule has 0 saturated carbocycles. The fourth-order valence-electron chi connectivity index (χ4n) is 2.92. The SMILES string of the molecule is Cc1ccc(NC(=O)CN(C)C(CCO)c2ccccc2)c(C)c1.